The summed E-state index contributed by atoms with van der Waals surface area (Å²) in [5.41, 5.74) is 2.42. The monoisotopic (exact) mass is 331 g/mol. The average molecular weight is 332 g/mol. The highest BCUT2D eigenvalue weighted by Crippen LogP contribution is 2.23. The fourth-order valence-electron chi connectivity index (χ4n) is 1.64. The molecular weight excluding hydrogens is 318 g/mol. The van der Waals surface area contributed by atoms with E-state index in [0.29, 0.717) is 16.7 Å². The highest BCUT2D eigenvalue weighted by molar-refractivity contribution is 7.92. The van der Waals surface area contributed by atoms with Gasteiger partial charge in [-0.15, -0.1) is 11.3 Å². The highest BCUT2D eigenvalue weighted by Gasteiger charge is 2.06. The second-order valence-corrected chi connectivity index (χ2v) is 7.78. The maximum absolute atomic E-state index is 11.2. The molecule has 0 aliphatic heterocycles. The molecule has 0 amide bonds. The van der Waals surface area contributed by atoms with E-state index in [2.05, 4.69) is 15.0 Å². The number of nitrogens with zero attached hydrogens (tertiary/aromatic N) is 1. The summed E-state index contributed by atoms with van der Waals surface area (Å²) >= 11 is 7.18. The molecule has 0 atom stereocenters. The van der Waals surface area contributed by atoms with E-state index in [4.69, 9.17) is 11.6 Å². The number of rotatable bonds is 5. The third kappa shape index (κ3) is 4.36. The molecule has 0 bridgehead atoms. The van der Waals surface area contributed by atoms with Gasteiger partial charge in [0, 0.05) is 16.8 Å². The number of anilines is 2. The number of aryl methyl sites for hydroxylation is 1. The lowest BCUT2D eigenvalue weighted by Gasteiger charge is -2.11. The van der Waals surface area contributed by atoms with Gasteiger partial charge in [0.2, 0.25) is 10.0 Å². The third-order valence-electron chi connectivity index (χ3n) is 2.52. The Kier molecular flexibility index (Phi) is 4.52. The SMILES string of the molecule is Cc1ccc(NS(C)(=O)=O)cc1NCc1cnc(Cl)s1. The van der Waals surface area contributed by atoms with Crippen molar-refractivity contribution in [1.29, 1.82) is 0 Å². The summed E-state index contributed by atoms with van der Waals surface area (Å²) in [6.07, 6.45) is 2.84. The average Bonchev–Trinajstić information content (AvgIpc) is 2.74. The van der Waals surface area contributed by atoms with Crippen LogP contribution in [0.1, 0.15) is 10.4 Å². The van der Waals surface area contributed by atoms with Crippen LogP contribution < -0.4 is 10.0 Å². The fraction of sp³-hybridized carbons (Fsp3) is 0.250. The zero-order chi connectivity index (χ0) is 14.8. The first-order valence-corrected chi connectivity index (χ1v) is 8.84. The first-order valence-electron chi connectivity index (χ1n) is 5.76. The summed E-state index contributed by atoms with van der Waals surface area (Å²) in [6, 6.07) is 5.35. The molecule has 20 heavy (non-hydrogen) atoms. The molecule has 1 heterocycles. The van der Waals surface area contributed by atoms with E-state index in [9.17, 15) is 8.42 Å². The highest BCUT2D eigenvalue weighted by atomic mass is 35.5. The summed E-state index contributed by atoms with van der Waals surface area (Å²) < 4.78 is 25.4. The van der Waals surface area contributed by atoms with Gasteiger partial charge in [-0.3, -0.25) is 4.72 Å². The number of nitrogens with one attached hydrogen (secondary N) is 2. The third-order valence-corrected chi connectivity index (χ3v) is 4.24. The van der Waals surface area contributed by atoms with Gasteiger partial charge in [-0.25, -0.2) is 13.4 Å². The summed E-state index contributed by atoms with van der Waals surface area (Å²) in [5, 5.41) is 3.25. The van der Waals surface area contributed by atoms with Crippen molar-refractivity contribution >= 4 is 44.3 Å². The number of sulfonamides is 1. The Hall–Kier alpha value is -1.31. The predicted octanol–water partition coefficient (Wildman–Crippen LogP) is 3.09. The van der Waals surface area contributed by atoms with Crippen LogP contribution in [-0.4, -0.2) is 19.7 Å². The Morgan fingerprint density at radius 2 is 2.15 bits per heavy atom. The molecule has 2 N–H and O–H groups in total. The minimum Gasteiger partial charge on any atom is -0.380 e. The number of hydrogen-bond acceptors (Lipinski definition) is 5. The lowest BCUT2D eigenvalue weighted by Crippen LogP contribution is -2.10. The molecule has 5 nitrogen and oxygen atoms in total. The van der Waals surface area contributed by atoms with Crippen molar-refractivity contribution in [3.63, 3.8) is 0 Å². The molecule has 1 aromatic carbocycles. The van der Waals surface area contributed by atoms with Crippen LogP contribution in [0.5, 0.6) is 0 Å². The van der Waals surface area contributed by atoms with Crippen LogP contribution in [-0.2, 0) is 16.6 Å². The van der Waals surface area contributed by atoms with Crippen molar-refractivity contribution < 1.29 is 8.42 Å². The molecular formula is C12H14ClN3O2S2. The Balaban J connectivity index is 2.12. The molecule has 2 aromatic rings. The number of hydrogen-bond donors (Lipinski definition) is 2. The Morgan fingerprint density at radius 1 is 1.40 bits per heavy atom. The number of thiazole rings is 1. The number of benzene rings is 1. The molecule has 8 heteroatoms. The maximum Gasteiger partial charge on any atom is 0.229 e. The Morgan fingerprint density at radius 3 is 2.75 bits per heavy atom. The minimum atomic E-state index is -3.27. The van der Waals surface area contributed by atoms with Crippen LogP contribution in [0.15, 0.2) is 24.4 Å². The molecule has 0 spiro atoms. The van der Waals surface area contributed by atoms with Crippen molar-refractivity contribution in [2.45, 2.75) is 13.5 Å². The zero-order valence-electron chi connectivity index (χ0n) is 11.0. The topological polar surface area (TPSA) is 71.1 Å². The Labute approximate surface area is 127 Å². The van der Waals surface area contributed by atoms with E-state index < -0.39 is 10.0 Å². The normalized spacial score (nSPS) is 11.3. The largest absolute Gasteiger partial charge is 0.380 e. The molecule has 0 saturated carbocycles. The van der Waals surface area contributed by atoms with Crippen LogP contribution >= 0.6 is 22.9 Å². The Bertz CT molecular complexity index is 713. The molecule has 0 radical (unpaired) electrons. The maximum atomic E-state index is 11.2. The van der Waals surface area contributed by atoms with Gasteiger partial charge >= 0.3 is 0 Å². The van der Waals surface area contributed by atoms with E-state index in [1.807, 2.05) is 13.0 Å². The molecule has 2 rings (SSSR count). The van der Waals surface area contributed by atoms with E-state index in [1.54, 1.807) is 18.3 Å². The predicted molar refractivity (Wildman–Crippen MR) is 84.1 cm³/mol. The van der Waals surface area contributed by atoms with Crippen LogP contribution in [0.25, 0.3) is 0 Å². The standard InChI is InChI=1S/C12H14ClN3O2S2/c1-8-3-4-9(16-20(2,17)18)5-11(8)14-6-10-7-15-12(13)19-10/h3-5,7,14,16H,6H2,1-2H3. The number of halogens is 1. The molecule has 108 valence electrons. The molecule has 0 fully saturated rings. The minimum absolute atomic E-state index is 0.506. The second-order valence-electron chi connectivity index (χ2n) is 4.34. The molecule has 1 aromatic heterocycles. The van der Waals surface area contributed by atoms with Gasteiger partial charge in [0.25, 0.3) is 0 Å². The van der Waals surface area contributed by atoms with Gasteiger partial charge in [0.15, 0.2) is 4.47 Å². The van der Waals surface area contributed by atoms with Crippen molar-refractivity contribution in [1.82, 2.24) is 4.98 Å². The summed E-state index contributed by atoms with van der Waals surface area (Å²) in [4.78, 5) is 4.98. The van der Waals surface area contributed by atoms with Gasteiger partial charge in [-0.2, -0.15) is 0 Å². The van der Waals surface area contributed by atoms with Crippen LogP contribution in [0.4, 0.5) is 11.4 Å². The van der Waals surface area contributed by atoms with Crippen LogP contribution in [0, 0.1) is 6.92 Å². The van der Waals surface area contributed by atoms with Crippen molar-refractivity contribution in [2.24, 2.45) is 0 Å². The van der Waals surface area contributed by atoms with Gasteiger partial charge in [0.1, 0.15) is 0 Å². The quantitative estimate of drug-likeness (QED) is 0.883. The lowest BCUT2D eigenvalue weighted by atomic mass is 10.2. The second kappa shape index (κ2) is 5.99. The first kappa shape index (κ1) is 15.1. The van der Waals surface area contributed by atoms with Crippen LogP contribution in [0.3, 0.4) is 0 Å². The summed E-state index contributed by atoms with van der Waals surface area (Å²) in [5.74, 6) is 0. The van der Waals surface area contributed by atoms with E-state index in [1.165, 1.54) is 11.3 Å². The summed E-state index contributed by atoms with van der Waals surface area (Å²) in [7, 11) is -3.27. The lowest BCUT2D eigenvalue weighted by molar-refractivity contribution is 0.607. The van der Waals surface area contributed by atoms with E-state index in [0.717, 1.165) is 22.4 Å². The van der Waals surface area contributed by atoms with Gasteiger partial charge in [0.05, 0.1) is 18.5 Å². The van der Waals surface area contributed by atoms with Crippen molar-refractivity contribution in [3.8, 4) is 0 Å². The first-order chi connectivity index (χ1) is 9.33. The van der Waals surface area contributed by atoms with Crippen molar-refractivity contribution in [3.05, 3.63) is 39.3 Å². The van der Waals surface area contributed by atoms with E-state index >= 15 is 0 Å². The molecule has 0 unspecified atom stereocenters. The fourth-order valence-corrected chi connectivity index (χ4v) is 3.11. The van der Waals surface area contributed by atoms with E-state index in [-0.39, 0.29) is 0 Å². The molecule has 0 saturated heterocycles. The van der Waals surface area contributed by atoms with Crippen LogP contribution in [0.2, 0.25) is 4.47 Å². The van der Waals surface area contributed by atoms with Gasteiger partial charge < -0.3 is 5.32 Å². The smallest absolute Gasteiger partial charge is 0.229 e. The van der Waals surface area contributed by atoms with Crippen molar-refractivity contribution in [2.75, 3.05) is 16.3 Å². The summed E-state index contributed by atoms with van der Waals surface area (Å²) in [6.45, 7) is 2.54. The van der Waals surface area contributed by atoms with Gasteiger partial charge in [-0.1, -0.05) is 17.7 Å². The molecule has 0 aliphatic carbocycles. The number of aromatic nitrogens is 1. The molecule has 0 aliphatic rings. The van der Waals surface area contributed by atoms with Gasteiger partial charge in [-0.05, 0) is 24.6 Å². The zero-order valence-corrected chi connectivity index (χ0v) is 13.4.